The summed E-state index contributed by atoms with van der Waals surface area (Å²) in [4.78, 5) is 15.0. The first kappa shape index (κ1) is 31.4. The van der Waals surface area contributed by atoms with E-state index in [1.807, 2.05) is 19.1 Å². The Balaban J connectivity index is 2.46. The number of amides is 1. The molecule has 0 spiro atoms. The Morgan fingerprint density at radius 2 is 1.68 bits per heavy atom. The zero-order chi connectivity index (χ0) is 27.9. The molecule has 0 aliphatic rings. The van der Waals surface area contributed by atoms with Crippen LogP contribution in [0.25, 0.3) is 0 Å². The molecular weight excluding hydrogens is 492 g/mol. The van der Waals surface area contributed by atoms with Crippen LogP contribution in [0.5, 0.6) is 0 Å². The number of nitrogens with one attached hydrogen (secondary N) is 1. The van der Waals surface area contributed by atoms with Gasteiger partial charge in [-0.15, -0.1) is 10.2 Å². The lowest BCUT2D eigenvalue weighted by Gasteiger charge is -2.33. The summed E-state index contributed by atoms with van der Waals surface area (Å²) in [5, 5.41) is 21.7. The number of carbonyl (C=O) groups is 1. The van der Waals surface area contributed by atoms with Crippen molar-refractivity contribution in [2.45, 2.75) is 99.3 Å². The van der Waals surface area contributed by atoms with Crippen LogP contribution in [0.2, 0.25) is 0 Å². The van der Waals surface area contributed by atoms with E-state index in [9.17, 15) is 10.1 Å². The van der Waals surface area contributed by atoms with Crippen molar-refractivity contribution in [1.29, 1.82) is 5.26 Å². The monoisotopic (exact) mass is 538 g/mol. The van der Waals surface area contributed by atoms with E-state index in [-0.39, 0.29) is 5.91 Å². The van der Waals surface area contributed by atoms with Crippen LogP contribution in [0.1, 0.15) is 104 Å². The highest BCUT2D eigenvalue weighted by atomic mass is 32.1. The van der Waals surface area contributed by atoms with E-state index in [1.54, 1.807) is 6.92 Å². The first-order chi connectivity index (χ1) is 18.4. The molecule has 0 radical (unpaired) electrons. The fourth-order valence-electron chi connectivity index (χ4n) is 4.54. The summed E-state index contributed by atoms with van der Waals surface area (Å²) in [5.74, 6) is 1.19. The highest BCUT2D eigenvalue weighted by Gasteiger charge is 2.19. The fourth-order valence-corrected chi connectivity index (χ4v) is 5.22. The van der Waals surface area contributed by atoms with E-state index in [0.717, 1.165) is 43.2 Å². The zero-order valence-electron chi connectivity index (χ0n) is 24.2. The Hall–Kier alpha value is -2.79. The van der Waals surface area contributed by atoms with Crippen molar-refractivity contribution in [3.8, 4) is 6.07 Å². The van der Waals surface area contributed by atoms with Crippen molar-refractivity contribution in [2.24, 2.45) is 22.1 Å². The Morgan fingerprint density at radius 1 is 1.05 bits per heavy atom. The predicted molar refractivity (Wildman–Crippen MR) is 160 cm³/mol. The molecule has 0 saturated carbocycles. The third kappa shape index (κ3) is 9.50. The average molecular weight is 539 g/mol. The second-order valence-corrected chi connectivity index (χ2v) is 10.9. The molecule has 208 valence electrons. The number of anilines is 2. The van der Waals surface area contributed by atoms with E-state index in [2.05, 4.69) is 64.6 Å². The average Bonchev–Trinajstić information content (AvgIpc) is 3.30. The number of unbranched alkanes of at least 4 members (excludes halogenated alkanes) is 2. The fraction of sp³-hybridized carbons (Fsp3) is 0.633. The van der Waals surface area contributed by atoms with E-state index in [4.69, 9.17) is 0 Å². The Morgan fingerprint density at radius 3 is 2.21 bits per heavy atom. The molecule has 1 aromatic carbocycles. The maximum atomic E-state index is 12.4. The maximum Gasteiger partial charge on any atom is 0.224 e. The second kappa shape index (κ2) is 16.9. The summed E-state index contributed by atoms with van der Waals surface area (Å²) < 4.78 is 4.22. The molecule has 0 fully saturated rings. The number of carbonyl (C=O) groups excluding carboxylic acids is 1. The molecule has 8 heteroatoms. The van der Waals surface area contributed by atoms with E-state index >= 15 is 0 Å². The summed E-state index contributed by atoms with van der Waals surface area (Å²) in [6.45, 7) is 14.7. The molecule has 1 aromatic heterocycles. The number of rotatable bonds is 17. The minimum atomic E-state index is -0.0692. The lowest BCUT2D eigenvalue weighted by atomic mass is 9.95. The quantitative estimate of drug-likeness (QED) is 0.203. The van der Waals surface area contributed by atoms with Gasteiger partial charge >= 0.3 is 0 Å². The molecule has 0 aliphatic carbocycles. The molecule has 7 nitrogen and oxygen atoms in total. The standard InChI is InChI=1S/C30H46N6OS/c1-7-12-14-23(9-3)20-36(21-24(10-4)15-13-8-2)25-16-17-27(28(18-25)32-29(37)11-5)33-34-30-26(19-31)22(6)35-38-30/h16-18,23-24H,7-15,20-21H2,1-6H3,(H,32,37). The highest BCUT2D eigenvalue weighted by molar-refractivity contribution is 7.10. The topological polar surface area (TPSA) is 93.7 Å². The lowest BCUT2D eigenvalue weighted by Crippen LogP contribution is -2.34. The van der Waals surface area contributed by atoms with Crippen LogP contribution in [0.15, 0.2) is 28.4 Å². The summed E-state index contributed by atoms with van der Waals surface area (Å²) >= 11 is 1.16. The number of nitrogens with zero attached hydrogens (tertiary/aromatic N) is 5. The van der Waals surface area contributed by atoms with E-state index in [0.29, 0.717) is 45.9 Å². The zero-order valence-corrected chi connectivity index (χ0v) is 25.0. The van der Waals surface area contributed by atoms with Gasteiger partial charge in [0.15, 0.2) is 5.00 Å². The van der Waals surface area contributed by atoms with Crippen LogP contribution in [0.3, 0.4) is 0 Å². The van der Waals surface area contributed by atoms with Crippen molar-refractivity contribution >= 4 is 39.5 Å². The largest absolute Gasteiger partial charge is 0.371 e. The molecular formula is C30H46N6OS. The second-order valence-electron chi connectivity index (χ2n) is 10.1. The van der Waals surface area contributed by atoms with Gasteiger partial charge < -0.3 is 10.2 Å². The molecule has 1 amide bonds. The van der Waals surface area contributed by atoms with Crippen LogP contribution in [0.4, 0.5) is 22.1 Å². The summed E-state index contributed by atoms with van der Waals surface area (Å²) in [6.07, 6.45) is 10.1. The minimum absolute atomic E-state index is 0.0692. The van der Waals surface area contributed by atoms with Gasteiger partial charge in [0.2, 0.25) is 5.91 Å². The number of hydrogen-bond donors (Lipinski definition) is 1. The first-order valence-corrected chi connectivity index (χ1v) is 15.1. The highest BCUT2D eigenvalue weighted by Crippen LogP contribution is 2.35. The number of hydrogen-bond acceptors (Lipinski definition) is 7. The minimum Gasteiger partial charge on any atom is -0.371 e. The molecule has 38 heavy (non-hydrogen) atoms. The number of aromatic nitrogens is 1. The van der Waals surface area contributed by atoms with Gasteiger partial charge in [-0.1, -0.05) is 73.1 Å². The summed E-state index contributed by atoms with van der Waals surface area (Å²) in [7, 11) is 0. The first-order valence-electron chi connectivity index (χ1n) is 14.4. The summed E-state index contributed by atoms with van der Waals surface area (Å²) in [6, 6.07) is 8.22. The van der Waals surface area contributed by atoms with Crippen molar-refractivity contribution in [3.63, 3.8) is 0 Å². The SMILES string of the molecule is CCCCC(CC)CN(CC(CC)CCCC)c1ccc(N=Nc2snc(C)c2C#N)c(NC(=O)CC)c1. The Labute approximate surface area is 233 Å². The lowest BCUT2D eigenvalue weighted by molar-refractivity contribution is -0.115. The Kier molecular flexibility index (Phi) is 14.0. The van der Waals surface area contributed by atoms with Gasteiger partial charge in [-0.05, 0) is 61.3 Å². The molecule has 0 bridgehead atoms. The predicted octanol–water partition coefficient (Wildman–Crippen LogP) is 9.33. The number of aryl methyl sites for hydroxylation is 1. The molecule has 0 saturated heterocycles. The molecule has 2 unspecified atom stereocenters. The van der Waals surface area contributed by atoms with Crippen LogP contribution >= 0.6 is 11.5 Å². The van der Waals surface area contributed by atoms with Gasteiger partial charge in [0.1, 0.15) is 17.3 Å². The third-order valence-corrected chi connectivity index (χ3v) is 8.01. The molecule has 2 aromatic rings. The van der Waals surface area contributed by atoms with Gasteiger partial charge in [0, 0.05) is 25.2 Å². The van der Waals surface area contributed by atoms with Gasteiger partial charge in [-0.2, -0.15) is 9.64 Å². The van der Waals surface area contributed by atoms with Crippen molar-refractivity contribution in [3.05, 3.63) is 29.5 Å². The number of azo groups is 1. The van der Waals surface area contributed by atoms with Gasteiger partial charge in [-0.25, -0.2) is 0 Å². The smallest absolute Gasteiger partial charge is 0.224 e. The van der Waals surface area contributed by atoms with Crippen LogP contribution in [0, 0.1) is 30.1 Å². The Bertz CT molecular complexity index is 1060. The van der Waals surface area contributed by atoms with Crippen molar-refractivity contribution in [2.75, 3.05) is 23.3 Å². The molecule has 2 rings (SSSR count). The molecule has 1 heterocycles. The van der Waals surface area contributed by atoms with E-state index < -0.39 is 0 Å². The number of benzene rings is 1. The van der Waals surface area contributed by atoms with Crippen LogP contribution in [-0.4, -0.2) is 23.4 Å². The molecule has 1 N–H and O–H groups in total. The van der Waals surface area contributed by atoms with Crippen LogP contribution in [-0.2, 0) is 4.79 Å². The van der Waals surface area contributed by atoms with Crippen molar-refractivity contribution < 1.29 is 4.79 Å². The van der Waals surface area contributed by atoms with Crippen molar-refractivity contribution in [1.82, 2.24) is 4.37 Å². The van der Waals surface area contributed by atoms with Crippen LogP contribution < -0.4 is 10.2 Å². The third-order valence-electron chi connectivity index (χ3n) is 7.19. The normalized spacial score (nSPS) is 12.9. The van der Waals surface area contributed by atoms with Gasteiger partial charge in [-0.3, -0.25) is 4.79 Å². The van der Waals surface area contributed by atoms with Gasteiger partial charge in [0.25, 0.3) is 0 Å². The molecule has 0 aliphatic heterocycles. The maximum absolute atomic E-state index is 12.4. The number of nitriles is 1. The molecule has 2 atom stereocenters. The van der Waals surface area contributed by atoms with E-state index in [1.165, 1.54) is 38.5 Å². The van der Waals surface area contributed by atoms with Gasteiger partial charge in [0.05, 0.1) is 11.4 Å². The summed E-state index contributed by atoms with van der Waals surface area (Å²) in [5.41, 5.74) is 3.41.